The fraction of sp³-hybridized carbons (Fsp3) is 0.292. The van der Waals surface area contributed by atoms with E-state index in [0.29, 0.717) is 9.59 Å². The van der Waals surface area contributed by atoms with Crippen molar-refractivity contribution in [2.75, 3.05) is 18.4 Å². The van der Waals surface area contributed by atoms with E-state index in [1.165, 1.54) is 36.4 Å². The maximum Gasteiger partial charge on any atom is 0.416 e. The summed E-state index contributed by atoms with van der Waals surface area (Å²) in [5, 5.41) is 22.8. The summed E-state index contributed by atoms with van der Waals surface area (Å²) in [6.07, 6.45) is -12.5. The number of aliphatic hydroxyl groups excluding tert-OH is 1. The molecular formula is C24H20Cl2F6N8O3. The highest BCUT2D eigenvalue weighted by Crippen LogP contribution is 2.25. The van der Waals surface area contributed by atoms with Crippen molar-refractivity contribution in [1.29, 1.82) is 0 Å². The van der Waals surface area contributed by atoms with Crippen molar-refractivity contribution < 1.29 is 36.2 Å². The lowest BCUT2D eigenvalue weighted by atomic mass is 10.2. The van der Waals surface area contributed by atoms with Crippen LogP contribution in [0.1, 0.15) is 5.82 Å². The van der Waals surface area contributed by atoms with Gasteiger partial charge in [-0.15, -0.1) is 10.2 Å². The SMILES string of the molecule is O=C(CNc1nc(Cn2nc(-c3ccc(Cl)cc3)n(C[C@H](O)C(F)(F)F)c2=O)nn1-c1ccccc1Cl)NCC(F)(F)F. The zero-order valence-corrected chi connectivity index (χ0v) is 23.0. The first kappa shape index (κ1) is 31.8. The van der Waals surface area contributed by atoms with Crippen LogP contribution in [0.2, 0.25) is 10.0 Å². The molecule has 11 nitrogen and oxygen atoms in total. The van der Waals surface area contributed by atoms with Gasteiger partial charge in [0.25, 0.3) is 0 Å². The van der Waals surface area contributed by atoms with Gasteiger partial charge in [0.05, 0.1) is 23.8 Å². The van der Waals surface area contributed by atoms with Crippen LogP contribution in [0.15, 0.2) is 53.3 Å². The number of carbonyl (C=O) groups excluding carboxylic acids is 1. The molecule has 2 aromatic heterocycles. The number of amides is 1. The van der Waals surface area contributed by atoms with E-state index in [1.807, 2.05) is 0 Å². The van der Waals surface area contributed by atoms with Gasteiger partial charge in [-0.05, 0) is 36.4 Å². The van der Waals surface area contributed by atoms with Gasteiger partial charge in [0.2, 0.25) is 11.9 Å². The quantitative estimate of drug-likeness (QED) is 0.223. The van der Waals surface area contributed by atoms with Crippen molar-refractivity contribution in [2.45, 2.75) is 31.5 Å². The third-order valence-electron chi connectivity index (χ3n) is 5.67. The molecule has 0 bridgehead atoms. The second-order valence-corrected chi connectivity index (χ2v) is 9.74. The monoisotopic (exact) mass is 652 g/mol. The standard InChI is InChI=1S/C24H20Cl2F6N8O3/c25-14-7-5-13(6-8-14)20-37-39(22(43)38(20)10-17(41)24(30,31)32)11-18-35-21(33-9-19(42)34-12-23(27,28)29)40(36-18)16-4-2-1-3-15(16)26/h1-8,17,41H,9-12H2,(H,34,42)(H,33,35,36)/t17-/m0/s1. The molecule has 1 atom stereocenters. The number of carbonyl (C=O) groups is 1. The van der Waals surface area contributed by atoms with E-state index < -0.39 is 56.2 Å². The van der Waals surface area contributed by atoms with Gasteiger partial charge in [-0.1, -0.05) is 35.3 Å². The molecule has 0 saturated carbocycles. The number of nitrogens with zero attached hydrogens (tertiary/aromatic N) is 6. The van der Waals surface area contributed by atoms with Crippen molar-refractivity contribution >= 4 is 35.1 Å². The first-order chi connectivity index (χ1) is 20.1. The number of alkyl halides is 6. The highest BCUT2D eigenvalue weighted by molar-refractivity contribution is 6.32. The molecule has 1 amide bonds. The Balaban J connectivity index is 1.69. The summed E-state index contributed by atoms with van der Waals surface area (Å²) in [5.74, 6) is -1.51. The smallest absolute Gasteiger partial charge is 0.382 e. The molecule has 0 aliphatic rings. The predicted molar refractivity (Wildman–Crippen MR) is 142 cm³/mol. The van der Waals surface area contributed by atoms with E-state index in [2.05, 4.69) is 20.5 Å². The molecule has 230 valence electrons. The average molecular weight is 653 g/mol. The number of benzene rings is 2. The fourth-order valence-corrected chi connectivity index (χ4v) is 4.02. The number of rotatable bonds is 10. The van der Waals surface area contributed by atoms with Gasteiger partial charge >= 0.3 is 18.0 Å². The fourth-order valence-electron chi connectivity index (χ4n) is 3.68. The third-order valence-corrected chi connectivity index (χ3v) is 6.25. The van der Waals surface area contributed by atoms with Gasteiger partial charge in [-0.3, -0.25) is 9.36 Å². The van der Waals surface area contributed by atoms with Crippen LogP contribution in [0.5, 0.6) is 0 Å². The number of hydrogen-bond acceptors (Lipinski definition) is 7. The van der Waals surface area contributed by atoms with E-state index >= 15 is 0 Å². The molecule has 0 aliphatic heterocycles. The van der Waals surface area contributed by atoms with E-state index in [9.17, 15) is 41.0 Å². The molecule has 0 radical (unpaired) electrons. The minimum atomic E-state index is -5.03. The largest absolute Gasteiger partial charge is 0.416 e. The van der Waals surface area contributed by atoms with Gasteiger partial charge in [-0.2, -0.15) is 36.0 Å². The summed E-state index contributed by atoms with van der Waals surface area (Å²) in [6.45, 7) is -3.87. The van der Waals surface area contributed by atoms with E-state index in [-0.39, 0.29) is 33.9 Å². The van der Waals surface area contributed by atoms with Crippen LogP contribution >= 0.6 is 23.2 Å². The van der Waals surface area contributed by atoms with Gasteiger partial charge in [0.15, 0.2) is 17.8 Å². The Bertz CT molecular complexity index is 1650. The summed E-state index contributed by atoms with van der Waals surface area (Å²) in [5.41, 5.74) is -0.575. The minimum Gasteiger partial charge on any atom is -0.382 e. The summed E-state index contributed by atoms with van der Waals surface area (Å²) in [7, 11) is 0. The van der Waals surface area contributed by atoms with Gasteiger partial charge in [-0.25, -0.2) is 9.48 Å². The molecule has 19 heteroatoms. The second-order valence-electron chi connectivity index (χ2n) is 8.90. The molecule has 0 saturated heterocycles. The van der Waals surface area contributed by atoms with E-state index in [4.69, 9.17) is 23.2 Å². The molecule has 0 spiro atoms. The molecule has 0 aliphatic carbocycles. The average Bonchev–Trinajstić information content (AvgIpc) is 3.46. The Labute approximate surface area is 247 Å². The van der Waals surface area contributed by atoms with Crippen molar-refractivity contribution in [2.24, 2.45) is 0 Å². The van der Waals surface area contributed by atoms with Crippen molar-refractivity contribution in [3.05, 3.63) is 74.9 Å². The maximum atomic E-state index is 13.2. The lowest BCUT2D eigenvalue weighted by molar-refractivity contribution is -0.207. The number of aromatic nitrogens is 6. The van der Waals surface area contributed by atoms with Gasteiger partial charge in [0, 0.05) is 10.6 Å². The molecule has 43 heavy (non-hydrogen) atoms. The Morgan fingerprint density at radius 2 is 1.67 bits per heavy atom. The molecular weight excluding hydrogens is 633 g/mol. The molecule has 2 heterocycles. The molecule has 4 rings (SSSR count). The topological polar surface area (TPSA) is 132 Å². The molecule has 3 N–H and O–H groups in total. The lowest BCUT2D eigenvalue weighted by Crippen LogP contribution is -2.37. The minimum absolute atomic E-state index is 0.135. The predicted octanol–water partition coefficient (Wildman–Crippen LogP) is 3.66. The molecule has 2 aromatic carbocycles. The van der Waals surface area contributed by atoms with Gasteiger partial charge in [0.1, 0.15) is 13.1 Å². The Morgan fingerprint density at radius 3 is 2.30 bits per heavy atom. The van der Waals surface area contributed by atoms with E-state index in [0.717, 1.165) is 9.36 Å². The number of halogens is 8. The number of nitrogens with one attached hydrogen (secondary N) is 2. The molecule has 0 unspecified atom stereocenters. The van der Waals surface area contributed by atoms with Crippen molar-refractivity contribution in [1.82, 2.24) is 34.4 Å². The van der Waals surface area contributed by atoms with Crippen LogP contribution in [0.3, 0.4) is 0 Å². The normalized spacial score (nSPS) is 12.8. The van der Waals surface area contributed by atoms with Crippen LogP contribution < -0.4 is 16.3 Å². The van der Waals surface area contributed by atoms with Crippen molar-refractivity contribution in [3.8, 4) is 17.1 Å². The van der Waals surface area contributed by atoms with Gasteiger partial charge < -0.3 is 15.7 Å². The summed E-state index contributed by atoms with van der Waals surface area (Å²) in [4.78, 5) is 29.3. The first-order valence-corrected chi connectivity index (χ1v) is 12.8. The summed E-state index contributed by atoms with van der Waals surface area (Å²) >= 11 is 12.2. The highest BCUT2D eigenvalue weighted by Gasteiger charge is 2.39. The number of para-hydroxylation sites is 1. The Hall–Kier alpha value is -4.09. The Morgan fingerprint density at radius 1 is 1.00 bits per heavy atom. The van der Waals surface area contributed by atoms with Crippen molar-refractivity contribution in [3.63, 3.8) is 0 Å². The summed E-state index contributed by atoms with van der Waals surface area (Å²) in [6, 6.07) is 11.9. The molecule has 0 fully saturated rings. The molecule has 4 aromatic rings. The summed E-state index contributed by atoms with van der Waals surface area (Å²) < 4.78 is 79.3. The van der Waals surface area contributed by atoms with Crippen LogP contribution in [0, 0.1) is 0 Å². The zero-order valence-electron chi connectivity index (χ0n) is 21.5. The Kier molecular flexibility index (Phi) is 9.36. The highest BCUT2D eigenvalue weighted by atomic mass is 35.5. The second kappa shape index (κ2) is 12.6. The zero-order chi connectivity index (χ0) is 31.5. The van der Waals surface area contributed by atoms with Crippen LogP contribution in [-0.4, -0.2) is 71.7 Å². The first-order valence-electron chi connectivity index (χ1n) is 12.1. The number of anilines is 1. The maximum absolute atomic E-state index is 13.2. The van der Waals surface area contributed by atoms with E-state index in [1.54, 1.807) is 17.4 Å². The number of aliphatic hydroxyl groups is 1. The van der Waals surface area contributed by atoms with Crippen LogP contribution in [0.4, 0.5) is 32.3 Å². The van der Waals surface area contributed by atoms with Crippen LogP contribution in [0.25, 0.3) is 17.1 Å². The van der Waals surface area contributed by atoms with Crippen LogP contribution in [-0.2, 0) is 17.9 Å². The number of hydrogen-bond donors (Lipinski definition) is 3. The lowest BCUT2D eigenvalue weighted by Gasteiger charge is -2.15. The third kappa shape index (κ3) is 8.05.